The van der Waals surface area contributed by atoms with Crippen LogP contribution in [0.3, 0.4) is 0 Å². The van der Waals surface area contributed by atoms with Gasteiger partial charge in [-0.1, -0.05) is 0 Å². The highest BCUT2D eigenvalue weighted by Gasteiger charge is 2.29. The smallest absolute Gasteiger partial charge is 0.227 e. The van der Waals surface area contributed by atoms with Gasteiger partial charge in [0.25, 0.3) is 0 Å². The number of pyridine rings is 1. The molecule has 1 aliphatic heterocycles. The lowest BCUT2D eigenvalue weighted by atomic mass is 10.1. The zero-order valence-corrected chi connectivity index (χ0v) is 17.9. The summed E-state index contributed by atoms with van der Waals surface area (Å²) < 4.78 is 16.5. The summed E-state index contributed by atoms with van der Waals surface area (Å²) in [7, 11) is 0. The molecule has 0 aromatic carbocycles. The van der Waals surface area contributed by atoms with Crippen LogP contribution in [0.5, 0.6) is 0 Å². The normalized spacial score (nSPS) is 19.9. The molecule has 0 aliphatic carbocycles. The molecule has 3 aromatic rings. The van der Waals surface area contributed by atoms with Crippen LogP contribution in [0.25, 0.3) is 11.0 Å². The van der Waals surface area contributed by atoms with Gasteiger partial charge in [0, 0.05) is 30.1 Å². The molecule has 4 rings (SSSR count). The molecule has 7 nitrogen and oxygen atoms in total. The van der Waals surface area contributed by atoms with Crippen LogP contribution < -0.4 is 10.2 Å². The maximum absolute atomic E-state index is 14.3. The number of hydrogen-bond acceptors (Lipinski definition) is 7. The summed E-state index contributed by atoms with van der Waals surface area (Å²) in [6, 6.07) is 4.08. The molecule has 154 valence electrons. The molecule has 1 saturated heterocycles. The van der Waals surface area contributed by atoms with Gasteiger partial charge >= 0.3 is 0 Å². The Morgan fingerprint density at radius 1 is 1.24 bits per heavy atom. The van der Waals surface area contributed by atoms with E-state index in [4.69, 9.17) is 0 Å². The summed E-state index contributed by atoms with van der Waals surface area (Å²) in [6.07, 6.45) is 5.35. The first-order chi connectivity index (χ1) is 14.0. The van der Waals surface area contributed by atoms with Gasteiger partial charge in [0.1, 0.15) is 29.1 Å². The number of thioether (sulfide) groups is 1. The lowest BCUT2D eigenvalue weighted by molar-refractivity contribution is 0.294. The van der Waals surface area contributed by atoms with Gasteiger partial charge in [-0.2, -0.15) is 16.7 Å². The van der Waals surface area contributed by atoms with E-state index in [1.54, 1.807) is 30.2 Å². The minimum Gasteiger partial charge on any atom is -0.338 e. The second-order valence-electron chi connectivity index (χ2n) is 7.57. The molecule has 0 bridgehead atoms. The van der Waals surface area contributed by atoms with E-state index in [9.17, 15) is 4.39 Å². The second kappa shape index (κ2) is 8.14. The number of fused-ring (bicyclic) bond motifs is 1. The van der Waals surface area contributed by atoms with Gasteiger partial charge in [0.05, 0.1) is 18.3 Å². The third kappa shape index (κ3) is 4.01. The Morgan fingerprint density at radius 3 is 2.79 bits per heavy atom. The standard InChI is InChI=1S/C20H26FN7S/c1-12(2)28-13(3)24-15-10-23-19(9-16(15)28)25-18-5-7-22-20(26-18)27-8-6-17(29-4)14(21)11-27/h5,7,9-10,12,14,17H,6,8,11H2,1-4H3,(H,22,23,25,26)/t14-,17+/m1/s1. The average molecular weight is 416 g/mol. The number of hydrogen-bond donors (Lipinski definition) is 1. The molecule has 0 unspecified atom stereocenters. The first kappa shape index (κ1) is 19.9. The third-order valence-corrected chi connectivity index (χ3v) is 6.37. The quantitative estimate of drug-likeness (QED) is 0.672. The van der Waals surface area contributed by atoms with E-state index in [2.05, 4.69) is 43.7 Å². The van der Waals surface area contributed by atoms with Crippen molar-refractivity contribution in [2.75, 3.05) is 29.6 Å². The number of aromatic nitrogens is 5. The summed E-state index contributed by atoms with van der Waals surface area (Å²) in [5.74, 6) is 2.83. The van der Waals surface area contributed by atoms with Gasteiger partial charge in [-0.3, -0.25) is 0 Å². The first-order valence-corrected chi connectivity index (χ1v) is 11.1. The van der Waals surface area contributed by atoms with Crippen LogP contribution in [0, 0.1) is 6.92 Å². The van der Waals surface area contributed by atoms with Crippen molar-refractivity contribution in [3.63, 3.8) is 0 Å². The van der Waals surface area contributed by atoms with Crippen LogP contribution in [0.1, 0.15) is 32.1 Å². The number of anilines is 3. The van der Waals surface area contributed by atoms with Crippen LogP contribution in [0.15, 0.2) is 24.5 Å². The van der Waals surface area contributed by atoms with Gasteiger partial charge in [-0.15, -0.1) is 0 Å². The molecule has 2 atom stereocenters. The van der Waals surface area contributed by atoms with Crippen molar-refractivity contribution in [2.45, 2.75) is 44.7 Å². The molecule has 3 aromatic heterocycles. The van der Waals surface area contributed by atoms with Crippen molar-refractivity contribution in [2.24, 2.45) is 0 Å². The monoisotopic (exact) mass is 415 g/mol. The number of nitrogens with zero attached hydrogens (tertiary/aromatic N) is 6. The van der Waals surface area contributed by atoms with Crippen LogP contribution in [-0.4, -0.2) is 55.3 Å². The lowest BCUT2D eigenvalue weighted by Gasteiger charge is -2.33. The maximum Gasteiger partial charge on any atom is 0.227 e. The fraction of sp³-hybridized carbons (Fsp3) is 0.500. The maximum atomic E-state index is 14.3. The number of aryl methyl sites for hydroxylation is 1. The first-order valence-electron chi connectivity index (χ1n) is 9.82. The van der Waals surface area contributed by atoms with Crippen LogP contribution >= 0.6 is 11.8 Å². The number of rotatable bonds is 5. The summed E-state index contributed by atoms with van der Waals surface area (Å²) in [5.41, 5.74) is 1.90. The second-order valence-corrected chi connectivity index (χ2v) is 8.65. The highest BCUT2D eigenvalue weighted by Crippen LogP contribution is 2.27. The topological polar surface area (TPSA) is 71.8 Å². The van der Waals surface area contributed by atoms with Gasteiger partial charge in [0.2, 0.25) is 5.95 Å². The third-order valence-electron chi connectivity index (χ3n) is 5.23. The average Bonchev–Trinajstić information content (AvgIpc) is 3.03. The number of halogens is 1. The summed E-state index contributed by atoms with van der Waals surface area (Å²) in [6.45, 7) is 7.36. The molecule has 1 N–H and O–H groups in total. The van der Waals surface area contributed by atoms with Gasteiger partial charge in [-0.25, -0.2) is 19.3 Å². The minimum atomic E-state index is -0.873. The molecular weight excluding hydrogens is 389 g/mol. The Morgan fingerprint density at radius 2 is 2.07 bits per heavy atom. The van der Waals surface area contributed by atoms with Crippen LogP contribution in [0.2, 0.25) is 0 Å². The zero-order chi connectivity index (χ0) is 20.5. The summed E-state index contributed by atoms with van der Waals surface area (Å²) in [4.78, 5) is 19.9. The Balaban J connectivity index is 1.56. The Hall–Kier alpha value is -2.42. The molecule has 4 heterocycles. The van der Waals surface area contributed by atoms with Gasteiger partial charge < -0.3 is 14.8 Å². The highest BCUT2D eigenvalue weighted by atomic mass is 32.2. The molecular formula is C20H26FN7S. The van der Waals surface area contributed by atoms with Crippen molar-refractivity contribution < 1.29 is 4.39 Å². The number of alkyl halides is 1. The van der Waals surface area contributed by atoms with E-state index in [1.165, 1.54) is 0 Å². The van der Waals surface area contributed by atoms with E-state index in [0.29, 0.717) is 30.2 Å². The molecule has 0 radical (unpaired) electrons. The molecule has 29 heavy (non-hydrogen) atoms. The molecule has 0 saturated carbocycles. The van der Waals surface area contributed by atoms with Crippen molar-refractivity contribution >= 4 is 40.4 Å². The van der Waals surface area contributed by atoms with E-state index >= 15 is 0 Å². The zero-order valence-electron chi connectivity index (χ0n) is 17.1. The number of piperidine rings is 1. The van der Waals surface area contributed by atoms with Crippen LogP contribution in [0.4, 0.5) is 22.0 Å². The predicted octanol–water partition coefficient (Wildman–Crippen LogP) is 4.13. The molecule has 1 aliphatic rings. The number of imidazole rings is 1. The lowest BCUT2D eigenvalue weighted by Crippen LogP contribution is -2.44. The largest absolute Gasteiger partial charge is 0.338 e. The van der Waals surface area contributed by atoms with E-state index in [1.807, 2.05) is 24.1 Å². The summed E-state index contributed by atoms with van der Waals surface area (Å²) >= 11 is 1.59. The molecule has 1 fully saturated rings. The SMILES string of the molecule is CS[C@H]1CCN(c2nccc(Nc3cc4c(cn3)nc(C)n4C(C)C)n2)C[C@H]1F. The fourth-order valence-electron chi connectivity index (χ4n) is 3.87. The summed E-state index contributed by atoms with van der Waals surface area (Å²) in [5, 5.41) is 3.31. The van der Waals surface area contributed by atoms with Gasteiger partial charge in [-0.05, 0) is 39.5 Å². The van der Waals surface area contributed by atoms with Crippen molar-refractivity contribution in [1.29, 1.82) is 0 Å². The van der Waals surface area contributed by atoms with Crippen molar-refractivity contribution in [3.8, 4) is 0 Å². The van der Waals surface area contributed by atoms with E-state index in [-0.39, 0.29) is 5.25 Å². The highest BCUT2D eigenvalue weighted by molar-refractivity contribution is 7.99. The van der Waals surface area contributed by atoms with E-state index in [0.717, 1.165) is 29.8 Å². The van der Waals surface area contributed by atoms with Gasteiger partial charge in [0.15, 0.2) is 0 Å². The molecule has 0 amide bonds. The predicted molar refractivity (Wildman–Crippen MR) is 117 cm³/mol. The molecule has 9 heteroatoms. The Labute approximate surface area is 174 Å². The Kier molecular flexibility index (Phi) is 5.58. The number of nitrogens with one attached hydrogen (secondary N) is 1. The van der Waals surface area contributed by atoms with Crippen molar-refractivity contribution in [1.82, 2.24) is 24.5 Å². The van der Waals surface area contributed by atoms with Crippen LogP contribution in [-0.2, 0) is 0 Å². The molecule has 0 spiro atoms. The minimum absolute atomic E-state index is 0.0535. The Bertz CT molecular complexity index is 1010. The fourth-order valence-corrected chi connectivity index (χ4v) is 4.59. The van der Waals surface area contributed by atoms with E-state index < -0.39 is 6.17 Å². The van der Waals surface area contributed by atoms with Crippen molar-refractivity contribution in [3.05, 3.63) is 30.4 Å².